The van der Waals surface area contributed by atoms with E-state index in [1.807, 2.05) is 0 Å². The molecule has 0 fully saturated rings. The van der Waals surface area contributed by atoms with Gasteiger partial charge in [0, 0.05) is 6.54 Å². The lowest BCUT2D eigenvalue weighted by atomic mass is 10.2. The average molecular weight is 287 g/mol. The van der Waals surface area contributed by atoms with E-state index in [1.165, 1.54) is 0 Å². The quantitative estimate of drug-likeness (QED) is 0.306. The Hall–Kier alpha value is -0.490. The number of amides is 1. The molecule has 0 spiro atoms. The first-order chi connectivity index (χ1) is 7.53. The third-order valence-electron chi connectivity index (χ3n) is 1.74. The van der Waals surface area contributed by atoms with Crippen molar-refractivity contribution in [2.24, 2.45) is 5.92 Å². The molecule has 100 valence electrons. The van der Waals surface area contributed by atoms with Crippen LogP contribution in [0.1, 0.15) is 0 Å². The Balaban J connectivity index is 4.51. The molecule has 0 aromatic heterocycles. The molecular weight excluding hydrogens is 272 g/mol. The fraction of sp³-hybridized carbons (Fsp3) is 0.571. The fourth-order valence-corrected chi connectivity index (χ4v) is 3.24. The van der Waals surface area contributed by atoms with Gasteiger partial charge in [-0.3, -0.25) is 13.9 Å². The maximum absolute atomic E-state index is 10.8. The molecule has 8 nitrogen and oxygen atoms in total. The predicted octanol–water partition coefficient (Wildman–Crippen LogP) is -0.740. The highest BCUT2D eigenvalue weighted by Gasteiger charge is 2.28. The van der Waals surface area contributed by atoms with Crippen LogP contribution in [-0.4, -0.2) is 44.3 Å². The van der Waals surface area contributed by atoms with Crippen molar-refractivity contribution in [3.8, 4) is 0 Å². The Bertz CT molecular complexity index is 346. The molecule has 0 radical (unpaired) electrons. The molecule has 0 heterocycles. The molecule has 0 aliphatic rings. The van der Waals surface area contributed by atoms with E-state index < -0.39 is 39.3 Å². The highest BCUT2D eigenvalue weighted by atomic mass is 31.2. The van der Waals surface area contributed by atoms with Crippen molar-refractivity contribution in [3.05, 3.63) is 12.7 Å². The average Bonchev–Trinajstić information content (AvgIpc) is 2.08. The monoisotopic (exact) mass is 287 g/mol. The maximum atomic E-state index is 10.8. The van der Waals surface area contributed by atoms with E-state index in [4.69, 9.17) is 19.6 Å². The van der Waals surface area contributed by atoms with E-state index in [1.54, 1.807) is 0 Å². The van der Waals surface area contributed by atoms with Crippen LogP contribution in [0.5, 0.6) is 0 Å². The molecule has 0 aliphatic heterocycles. The van der Waals surface area contributed by atoms with E-state index in [2.05, 4.69) is 11.9 Å². The van der Waals surface area contributed by atoms with Gasteiger partial charge in [0.15, 0.2) is 0 Å². The first-order valence-corrected chi connectivity index (χ1v) is 8.12. The zero-order valence-corrected chi connectivity index (χ0v) is 10.7. The first-order valence-electron chi connectivity index (χ1n) is 4.53. The lowest BCUT2D eigenvalue weighted by Gasteiger charge is -2.18. The van der Waals surface area contributed by atoms with Crippen molar-refractivity contribution >= 4 is 21.1 Å². The van der Waals surface area contributed by atoms with Crippen LogP contribution < -0.4 is 5.32 Å². The second kappa shape index (κ2) is 6.44. The van der Waals surface area contributed by atoms with E-state index in [0.717, 1.165) is 6.08 Å². The second-order valence-corrected chi connectivity index (χ2v) is 6.90. The summed E-state index contributed by atoms with van der Waals surface area (Å²) < 4.78 is 21.5. The summed E-state index contributed by atoms with van der Waals surface area (Å²) in [7, 11) is -8.79. The Morgan fingerprint density at radius 3 is 1.88 bits per heavy atom. The second-order valence-electron chi connectivity index (χ2n) is 3.51. The summed E-state index contributed by atoms with van der Waals surface area (Å²) >= 11 is 0. The third-order valence-corrected chi connectivity index (χ3v) is 3.73. The number of carbonyl (C=O) groups is 1. The summed E-state index contributed by atoms with van der Waals surface area (Å²) in [6.45, 7) is 2.93. The lowest BCUT2D eigenvalue weighted by molar-refractivity contribution is -0.116. The molecule has 0 aromatic carbocycles. The van der Waals surface area contributed by atoms with E-state index in [-0.39, 0.29) is 6.54 Å². The van der Waals surface area contributed by atoms with Gasteiger partial charge in [0.2, 0.25) is 5.91 Å². The minimum atomic E-state index is -4.40. The highest BCUT2D eigenvalue weighted by Crippen LogP contribution is 2.43. The first kappa shape index (κ1) is 16.5. The molecule has 17 heavy (non-hydrogen) atoms. The number of rotatable bonds is 7. The van der Waals surface area contributed by atoms with Gasteiger partial charge in [0.1, 0.15) is 0 Å². The van der Waals surface area contributed by atoms with Crippen molar-refractivity contribution in [2.75, 3.05) is 18.9 Å². The van der Waals surface area contributed by atoms with Crippen molar-refractivity contribution in [1.29, 1.82) is 0 Å². The van der Waals surface area contributed by atoms with Gasteiger partial charge in [-0.2, -0.15) is 0 Å². The number of hydrogen-bond donors (Lipinski definition) is 5. The molecule has 0 bridgehead atoms. The molecule has 0 aliphatic carbocycles. The molecule has 1 amide bonds. The third kappa shape index (κ3) is 10.4. The van der Waals surface area contributed by atoms with Crippen LogP contribution in [-0.2, 0) is 13.9 Å². The standard InChI is InChI=1S/C7H15NO7P2/c1-2-7(9)8-3-6(4-16(10,11)12)5-17(13,14)15/h2,6H,1,3-5H2,(H,8,9)(H2,10,11,12)(H2,13,14,15). The summed E-state index contributed by atoms with van der Waals surface area (Å²) in [4.78, 5) is 45.8. The summed E-state index contributed by atoms with van der Waals surface area (Å²) in [5, 5.41) is 2.23. The van der Waals surface area contributed by atoms with Crippen LogP contribution in [0.3, 0.4) is 0 Å². The number of nitrogens with one attached hydrogen (secondary N) is 1. The van der Waals surface area contributed by atoms with Gasteiger partial charge in [-0.05, 0) is 12.0 Å². The van der Waals surface area contributed by atoms with Crippen LogP contribution in [0.15, 0.2) is 12.7 Å². The van der Waals surface area contributed by atoms with Gasteiger partial charge in [-0.25, -0.2) is 0 Å². The smallest absolute Gasteiger partial charge is 0.325 e. The van der Waals surface area contributed by atoms with Gasteiger partial charge >= 0.3 is 15.2 Å². The van der Waals surface area contributed by atoms with Crippen LogP contribution in [0, 0.1) is 5.92 Å². The number of hydrogen-bond acceptors (Lipinski definition) is 3. The van der Waals surface area contributed by atoms with Crippen molar-refractivity contribution in [1.82, 2.24) is 5.32 Å². The molecule has 5 N–H and O–H groups in total. The Morgan fingerprint density at radius 2 is 1.59 bits per heavy atom. The van der Waals surface area contributed by atoms with Crippen molar-refractivity contribution < 1.29 is 33.5 Å². The minimum absolute atomic E-state index is 0.235. The van der Waals surface area contributed by atoms with Crippen molar-refractivity contribution in [2.45, 2.75) is 0 Å². The maximum Gasteiger partial charge on any atom is 0.325 e. The Labute approximate surface area is 98.1 Å². The van der Waals surface area contributed by atoms with E-state index in [0.29, 0.717) is 0 Å². The molecule has 0 aromatic rings. The van der Waals surface area contributed by atoms with Crippen molar-refractivity contribution in [3.63, 3.8) is 0 Å². The van der Waals surface area contributed by atoms with Gasteiger partial charge < -0.3 is 24.9 Å². The summed E-state index contributed by atoms with van der Waals surface area (Å²) in [6, 6.07) is 0. The van der Waals surface area contributed by atoms with Crippen LogP contribution in [0.25, 0.3) is 0 Å². The molecule has 10 heteroatoms. The fourth-order valence-electron chi connectivity index (χ4n) is 1.18. The zero-order chi connectivity index (χ0) is 13.7. The van der Waals surface area contributed by atoms with Gasteiger partial charge in [-0.1, -0.05) is 6.58 Å². The van der Waals surface area contributed by atoms with E-state index >= 15 is 0 Å². The van der Waals surface area contributed by atoms with Gasteiger partial charge in [0.05, 0.1) is 12.3 Å². The topological polar surface area (TPSA) is 144 Å². The largest absolute Gasteiger partial charge is 0.352 e. The molecule has 0 saturated carbocycles. The van der Waals surface area contributed by atoms with Gasteiger partial charge in [0.25, 0.3) is 0 Å². The molecule has 0 saturated heterocycles. The van der Waals surface area contributed by atoms with Crippen LogP contribution in [0.4, 0.5) is 0 Å². The summed E-state index contributed by atoms with van der Waals surface area (Å²) in [5.41, 5.74) is 0. The Morgan fingerprint density at radius 1 is 1.18 bits per heavy atom. The lowest BCUT2D eigenvalue weighted by Crippen LogP contribution is -2.31. The highest BCUT2D eigenvalue weighted by molar-refractivity contribution is 7.52. The molecule has 0 unspecified atom stereocenters. The van der Waals surface area contributed by atoms with E-state index in [9.17, 15) is 13.9 Å². The predicted molar refractivity (Wildman–Crippen MR) is 60.5 cm³/mol. The summed E-state index contributed by atoms with van der Waals surface area (Å²) in [5.74, 6) is -1.58. The van der Waals surface area contributed by atoms with Gasteiger partial charge in [-0.15, -0.1) is 0 Å². The SMILES string of the molecule is C=CC(=O)NCC(CP(=O)(O)O)CP(=O)(O)O. The molecule has 0 rings (SSSR count). The van der Waals surface area contributed by atoms with Crippen LogP contribution >= 0.6 is 15.2 Å². The zero-order valence-electron chi connectivity index (χ0n) is 8.89. The minimum Gasteiger partial charge on any atom is -0.352 e. The van der Waals surface area contributed by atoms with Crippen LogP contribution in [0.2, 0.25) is 0 Å². The normalized spacial score (nSPS) is 12.5. The Kier molecular flexibility index (Phi) is 6.26. The number of carbonyl (C=O) groups excluding carboxylic acids is 1. The molecule has 0 atom stereocenters. The molecular formula is C7H15NO7P2. The summed E-state index contributed by atoms with van der Waals surface area (Å²) in [6.07, 6.45) is -0.447.